The number of benzene rings is 1. The number of rotatable bonds is 5. The highest BCUT2D eigenvalue weighted by molar-refractivity contribution is 9.11. The van der Waals surface area contributed by atoms with Crippen LogP contribution >= 0.6 is 50.5 Å². The lowest BCUT2D eigenvalue weighted by atomic mass is 10.3. The van der Waals surface area contributed by atoms with Gasteiger partial charge in [-0.05, 0) is 53.2 Å². The van der Waals surface area contributed by atoms with Gasteiger partial charge in [-0.2, -0.15) is 5.10 Å². The lowest BCUT2D eigenvalue weighted by Gasteiger charge is -2.14. The Bertz CT molecular complexity index is 706. The molecule has 116 valence electrons. The minimum atomic E-state index is -0.745. The van der Waals surface area contributed by atoms with Crippen molar-refractivity contribution in [2.45, 2.75) is 13.0 Å². The molecule has 1 aromatic carbocycles. The Morgan fingerprint density at radius 2 is 2.18 bits per heavy atom. The van der Waals surface area contributed by atoms with E-state index in [1.807, 2.05) is 12.1 Å². The van der Waals surface area contributed by atoms with Gasteiger partial charge >= 0.3 is 0 Å². The summed E-state index contributed by atoms with van der Waals surface area (Å²) in [7, 11) is 0. The van der Waals surface area contributed by atoms with Crippen molar-refractivity contribution >= 4 is 62.6 Å². The van der Waals surface area contributed by atoms with Gasteiger partial charge in [-0.15, -0.1) is 11.3 Å². The molecule has 0 bridgehead atoms. The molecule has 1 N–H and O–H groups in total. The summed E-state index contributed by atoms with van der Waals surface area (Å²) in [5.74, 6) is 0.0118. The predicted octanol–water partition coefficient (Wildman–Crippen LogP) is 4.74. The standard InChI is InChI=1S/C14H11BrCl2N2O2S/c1-8(21-12-4-2-9(16)6-11(12)17)14(20)19-18-7-10-3-5-13(15)22-10/h2-8H,1H3,(H,19,20)/b18-7+. The van der Waals surface area contributed by atoms with Crippen LogP contribution in [0.25, 0.3) is 0 Å². The van der Waals surface area contributed by atoms with Crippen LogP contribution in [0.1, 0.15) is 11.8 Å². The van der Waals surface area contributed by atoms with Crippen LogP contribution in [0, 0.1) is 0 Å². The molecular weight excluding hydrogens is 411 g/mol. The van der Waals surface area contributed by atoms with Crippen LogP contribution in [0.2, 0.25) is 10.0 Å². The molecule has 0 aliphatic carbocycles. The second-order valence-electron chi connectivity index (χ2n) is 4.21. The van der Waals surface area contributed by atoms with Crippen LogP contribution in [0.3, 0.4) is 0 Å². The summed E-state index contributed by atoms with van der Waals surface area (Å²) in [6.07, 6.45) is 0.820. The SMILES string of the molecule is CC(Oc1ccc(Cl)cc1Cl)C(=O)N/N=C/c1ccc(Br)s1. The Morgan fingerprint density at radius 1 is 1.41 bits per heavy atom. The van der Waals surface area contributed by atoms with E-state index in [9.17, 15) is 4.79 Å². The van der Waals surface area contributed by atoms with E-state index < -0.39 is 6.10 Å². The van der Waals surface area contributed by atoms with Gasteiger partial charge in [-0.3, -0.25) is 4.79 Å². The molecule has 1 aromatic heterocycles. The fourth-order valence-corrected chi connectivity index (χ4v) is 3.21. The van der Waals surface area contributed by atoms with Crippen molar-refractivity contribution in [1.29, 1.82) is 0 Å². The van der Waals surface area contributed by atoms with Crippen LogP contribution in [0.4, 0.5) is 0 Å². The molecule has 0 saturated heterocycles. The predicted molar refractivity (Wildman–Crippen MR) is 94.3 cm³/mol. The summed E-state index contributed by atoms with van der Waals surface area (Å²) in [5.41, 5.74) is 2.42. The van der Waals surface area contributed by atoms with Crippen LogP contribution in [0.5, 0.6) is 5.75 Å². The topological polar surface area (TPSA) is 50.7 Å². The summed E-state index contributed by atoms with van der Waals surface area (Å²) >= 11 is 16.7. The number of ether oxygens (including phenoxy) is 1. The molecular formula is C14H11BrCl2N2O2S. The molecule has 2 aromatic rings. The van der Waals surface area contributed by atoms with Crippen LogP contribution in [-0.4, -0.2) is 18.2 Å². The Kier molecular flexibility index (Phi) is 6.26. The number of amides is 1. The third-order valence-corrected chi connectivity index (χ3v) is 4.62. The van der Waals surface area contributed by atoms with E-state index in [0.717, 1.165) is 8.66 Å². The summed E-state index contributed by atoms with van der Waals surface area (Å²) in [4.78, 5) is 12.8. The molecule has 0 aliphatic rings. The van der Waals surface area contributed by atoms with Crippen LogP contribution in [0.15, 0.2) is 39.2 Å². The van der Waals surface area contributed by atoms with Crippen LogP contribution < -0.4 is 10.2 Å². The van der Waals surface area contributed by atoms with Crippen molar-refractivity contribution in [2.24, 2.45) is 5.10 Å². The van der Waals surface area contributed by atoms with Gasteiger partial charge in [0.2, 0.25) is 0 Å². The number of hydrogen-bond acceptors (Lipinski definition) is 4. The monoisotopic (exact) mass is 420 g/mol. The minimum Gasteiger partial charge on any atom is -0.479 e. The normalized spacial score (nSPS) is 12.4. The number of nitrogens with zero attached hydrogens (tertiary/aromatic N) is 1. The van der Waals surface area contributed by atoms with E-state index >= 15 is 0 Å². The van der Waals surface area contributed by atoms with Gasteiger partial charge in [0.1, 0.15) is 5.75 Å². The van der Waals surface area contributed by atoms with Gasteiger partial charge in [-0.1, -0.05) is 23.2 Å². The quantitative estimate of drug-likeness (QED) is 0.560. The Hall–Kier alpha value is -1.08. The lowest BCUT2D eigenvalue weighted by Crippen LogP contribution is -2.33. The number of halogens is 3. The Morgan fingerprint density at radius 3 is 2.82 bits per heavy atom. The van der Waals surface area contributed by atoms with Crippen molar-refractivity contribution < 1.29 is 9.53 Å². The fourth-order valence-electron chi connectivity index (χ4n) is 1.46. The molecule has 1 unspecified atom stereocenters. The van der Waals surface area contributed by atoms with Gasteiger partial charge in [0.05, 0.1) is 15.0 Å². The van der Waals surface area contributed by atoms with Crippen LogP contribution in [-0.2, 0) is 4.79 Å². The first kappa shape index (κ1) is 17.3. The Balaban J connectivity index is 1.90. The molecule has 8 heteroatoms. The number of nitrogens with one attached hydrogen (secondary N) is 1. The zero-order valence-electron chi connectivity index (χ0n) is 11.3. The van der Waals surface area contributed by atoms with Gasteiger partial charge in [0, 0.05) is 9.90 Å². The van der Waals surface area contributed by atoms with E-state index in [1.54, 1.807) is 31.3 Å². The first-order valence-corrected chi connectivity index (χ1v) is 8.52. The van der Waals surface area contributed by atoms with Gasteiger partial charge < -0.3 is 4.74 Å². The van der Waals surface area contributed by atoms with E-state index in [1.165, 1.54) is 11.3 Å². The van der Waals surface area contributed by atoms with Crippen molar-refractivity contribution in [3.8, 4) is 5.75 Å². The van der Waals surface area contributed by atoms with Crippen molar-refractivity contribution in [1.82, 2.24) is 5.43 Å². The minimum absolute atomic E-state index is 0.346. The highest BCUT2D eigenvalue weighted by atomic mass is 79.9. The molecule has 0 fully saturated rings. The summed E-state index contributed by atoms with van der Waals surface area (Å²) in [6, 6.07) is 8.59. The fraction of sp³-hybridized carbons (Fsp3) is 0.143. The second-order valence-corrected chi connectivity index (χ2v) is 7.55. The largest absolute Gasteiger partial charge is 0.479 e. The number of thiophene rings is 1. The molecule has 22 heavy (non-hydrogen) atoms. The van der Waals surface area contributed by atoms with Gasteiger partial charge in [0.15, 0.2) is 6.10 Å². The molecule has 2 rings (SSSR count). The van der Waals surface area contributed by atoms with Crippen molar-refractivity contribution in [2.75, 3.05) is 0 Å². The van der Waals surface area contributed by atoms with E-state index in [4.69, 9.17) is 27.9 Å². The number of hydrogen-bond donors (Lipinski definition) is 1. The summed E-state index contributed by atoms with van der Waals surface area (Å²) in [5, 5.41) is 4.73. The average molecular weight is 422 g/mol. The second kappa shape index (κ2) is 7.97. The van der Waals surface area contributed by atoms with Crippen molar-refractivity contribution in [3.63, 3.8) is 0 Å². The maximum atomic E-state index is 11.9. The lowest BCUT2D eigenvalue weighted by molar-refractivity contribution is -0.127. The van der Waals surface area contributed by atoms with Gasteiger partial charge in [-0.25, -0.2) is 5.43 Å². The molecule has 1 heterocycles. The first-order chi connectivity index (χ1) is 10.5. The smallest absolute Gasteiger partial charge is 0.280 e. The average Bonchev–Trinajstić information content (AvgIpc) is 2.87. The molecule has 0 radical (unpaired) electrons. The maximum Gasteiger partial charge on any atom is 0.280 e. The van der Waals surface area contributed by atoms with E-state index in [-0.39, 0.29) is 5.91 Å². The third-order valence-electron chi connectivity index (χ3n) is 2.53. The highest BCUT2D eigenvalue weighted by Crippen LogP contribution is 2.28. The Labute approximate surface area is 150 Å². The highest BCUT2D eigenvalue weighted by Gasteiger charge is 2.15. The van der Waals surface area contributed by atoms with E-state index in [2.05, 4.69) is 26.5 Å². The zero-order valence-corrected chi connectivity index (χ0v) is 15.3. The molecule has 0 spiro atoms. The number of carbonyl (C=O) groups is 1. The number of carbonyl (C=O) groups excluding carboxylic acids is 1. The molecule has 1 amide bonds. The third kappa shape index (κ3) is 4.98. The molecule has 1 atom stereocenters. The number of hydrazone groups is 1. The summed E-state index contributed by atoms with van der Waals surface area (Å²) in [6.45, 7) is 1.61. The zero-order chi connectivity index (χ0) is 16.1. The van der Waals surface area contributed by atoms with Crippen molar-refractivity contribution in [3.05, 3.63) is 49.0 Å². The maximum absolute atomic E-state index is 11.9. The molecule has 4 nitrogen and oxygen atoms in total. The first-order valence-electron chi connectivity index (χ1n) is 6.15. The van der Waals surface area contributed by atoms with E-state index in [0.29, 0.717) is 15.8 Å². The molecule has 0 aliphatic heterocycles. The molecule has 0 saturated carbocycles. The summed E-state index contributed by atoms with van der Waals surface area (Å²) < 4.78 is 6.48. The van der Waals surface area contributed by atoms with Gasteiger partial charge in [0.25, 0.3) is 5.91 Å².